The summed E-state index contributed by atoms with van der Waals surface area (Å²) in [6.07, 6.45) is 0.886. The Labute approximate surface area is 133 Å². The van der Waals surface area contributed by atoms with Gasteiger partial charge in [-0.25, -0.2) is 4.98 Å². The van der Waals surface area contributed by atoms with Crippen LogP contribution in [0.2, 0.25) is 0 Å². The summed E-state index contributed by atoms with van der Waals surface area (Å²) in [4.78, 5) is 4.46. The maximum atomic E-state index is 5.31. The lowest BCUT2D eigenvalue weighted by molar-refractivity contribution is 0.354. The molecule has 21 heavy (non-hydrogen) atoms. The third-order valence-corrected chi connectivity index (χ3v) is 4.03. The summed E-state index contributed by atoms with van der Waals surface area (Å²) >= 11 is 3.45. The van der Waals surface area contributed by atoms with Gasteiger partial charge < -0.3 is 14.8 Å². The highest BCUT2D eigenvalue weighted by atomic mass is 79.9. The zero-order valence-corrected chi connectivity index (χ0v) is 14.0. The van der Waals surface area contributed by atoms with Crippen molar-refractivity contribution < 1.29 is 9.47 Å². The van der Waals surface area contributed by atoms with E-state index in [1.54, 1.807) is 14.2 Å². The second-order valence-electron chi connectivity index (χ2n) is 4.63. The molecule has 0 aliphatic heterocycles. The van der Waals surface area contributed by atoms with Crippen molar-refractivity contribution in [3.05, 3.63) is 46.1 Å². The Bertz CT molecular complexity index is 617. The van der Waals surface area contributed by atoms with Gasteiger partial charge >= 0.3 is 0 Å². The summed E-state index contributed by atoms with van der Waals surface area (Å²) in [7, 11) is 3.29. The molecule has 2 aromatic rings. The summed E-state index contributed by atoms with van der Waals surface area (Å²) in [5.74, 6) is 2.39. The summed E-state index contributed by atoms with van der Waals surface area (Å²) in [6.45, 7) is 2.78. The van der Waals surface area contributed by atoms with Crippen molar-refractivity contribution in [1.82, 2.24) is 4.98 Å². The average molecular weight is 351 g/mol. The van der Waals surface area contributed by atoms with Gasteiger partial charge in [-0.3, -0.25) is 0 Å². The number of hydrogen-bond acceptors (Lipinski definition) is 4. The Hall–Kier alpha value is -1.75. The standard InChI is InChI=1S/C16H19BrN2O2/c1-11-13(17)5-7-16(19-11)18-9-8-12-4-6-14(20-2)15(10-12)21-3/h4-7,10H,8-9H2,1-3H3,(H,18,19). The molecule has 112 valence electrons. The zero-order valence-electron chi connectivity index (χ0n) is 12.4. The van der Waals surface area contributed by atoms with Crippen LogP contribution < -0.4 is 14.8 Å². The molecule has 0 spiro atoms. The number of ether oxygens (including phenoxy) is 2. The number of nitrogens with one attached hydrogen (secondary N) is 1. The molecule has 0 fully saturated rings. The van der Waals surface area contributed by atoms with Gasteiger partial charge in [-0.1, -0.05) is 6.07 Å². The van der Waals surface area contributed by atoms with Crippen LogP contribution in [0.1, 0.15) is 11.3 Å². The molecule has 1 aromatic carbocycles. The summed E-state index contributed by atoms with van der Waals surface area (Å²) < 4.78 is 11.6. The molecule has 0 atom stereocenters. The van der Waals surface area contributed by atoms with Crippen LogP contribution in [-0.2, 0) is 6.42 Å². The van der Waals surface area contributed by atoms with Crippen molar-refractivity contribution in [3.63, 3.8) is 0 Å². The molecule has 0 aliphatic carbocycles. The van der Waals surface area contributed by atoms with Crippen LogP contribution in [-0.4, -0.2) is 25.7 Å². The van der Waals surface area contributed by atoms with Gasteiger partial charge in [0.15, 0.2) is 11.5 Å². The molecule has 5 heteroatoms. The van der Waals surface area contributed by atoms with Crippen molar-refractivity contribution in [1.29, 1.82) is 0 Å². The fraction of sp³-hybridized carbons (Fsp3) is 0.312. The summed E-state index contributed by atoms with van der Waals surface area (Å²) in [6, 6.07) is 9.94. The van der Waals surface area contributed by atoms with E-state index in [0.717, 1.165) is 40.4 Å². The Morgan fingerprint density at radius 1 is 1.10 bits per heavy atom. The molecule has 2 rings (SSSR count). The first kappa shape index (κ1) is 15.6. The lowest BCUT2D eigenvalue weighted by Crippen LogP contribution is -2.07. The maximum Gasteiger partial charge on any atom is 0.160 e. The first-order chi connectivity index (χ1) is 10.1. The van der Waals surface area contributed by atoms with Gasteiger partial charge in [0.2, 0.25) is 0 Å². The first-order valence-corrected chi connectivity index (χ1v) is 7.51. The van der Waals surface area contributed by atoms with E-state index in [0.29, 0.717) is 0 Å². The molecule has 0 bridgehead atoms. The molecule has 0 aliphatic rings. The van der Waals surface area contributed by atoms with E-state index in [1.807, 2.05) is 37.3 Å². The lowest BCUT2D eigenvalue weighted by atomic mass is 10.1. The van der Waals surface area contributed by atoms with Gasteiger partial charge in [-0.2, -0.15) is 0 Å². The third-order valence-electron chi connectivity index (χ3n) is 3.19. The molecule has 1 N–H and O–H groups in total. The van der Waals surface area contributed by atoms with Gasteiger partial charge in [-0.05, 0) is 59.1 Å². The highest BCUT2D eigenvalue weighted by molar-refractivity contribution is 9.10. The monoisotopic (exact) mass is 350 g/mol. The van der Waals surface area contributed by atoms with E-state index in [-0.39, 0.29) is 0 Å². The van der Waals surface area contributed by atoms with E-state index in [2.05, 4.69) is 26.2 Å². The van der Waals surface area contributed by atoms with Gasteiger partial charge in [0.1, 0.15) is 5.82 Å². The number of methoxy groups -OCH3 is 2. The van der Waals surface area contributed by atoms with E-state index >= 15 is 0 Å². The Morgan fingerprint density at radius 2 is 1.86 bits per heavy atom. The average Bonchev–Trinajstić information content (AvgIpc) is 2.50. The van der Waals surface area contributed by atoms with Gasteiger partial charge in [0, 0.05) is 11.0 Å². The molecule has 0 saturated heterocycles. The molecule has 0 amide bonds. The van der Waals surface area contributed by atoms with Crippen molar-refractivity contribution in [3.8, 4) is 11.5 Å². The number of aryl methyl sites for hydroxylation is 1. The van der Waals surface area contributed by atoms with Crippen LogP contribution in [0.3, 0.4) is 0 Å². The van der Waals surface area contributed by atoms with Crippen LogP contribution in [0.4, 0.5) is 5.82 Å². The van der Waals surface area contributed by atoms with Gasteiger partial charge in [0.05, 0.1) is 19.9 Å². The Kier molecular flexibility index (Phi) is 5.44. The minimum atomic E-state index is 0.749. The third kappa shape index (κ3) is 4.11. The number of aromatic nitrogens is 1. The molecule has 0 radical (unpaired) electrons. The van der Waals surface area contributed by atoms with Crippen LogP contribution in [0.5, 0.6) is 11.5 Å². The minimum Gasteiger partial charge on any atom is -0.493 e. The Balaban J connectivity index is 1.95. The van der Waals surface area contributed by atoms with Crippen LogP contribution in [0, 0.1) is 6.92 Å². The van der Waals surface area contributed by atoms with Crippen LogP contribution in [0.25, 0.3) is 0 Å². The predicted molar refractivity (Wildman–Crippen MR) is 88.4 cm³/mol. The predicted octanol–water partition coefficient (Wildman–Crippen LogP) is 3.82. The van der Waals surface area contributed by atoms with Crippen LogP contribution in [0.15, 0.2) is 34.8 Å². The molecule has 1 heterocycles. The minimum absolute atomic E-state index is 0.749. The molecule has 0 unspecified atom stereocenters. The topological polar surface area (TPSA) is 43.4 Å². The lowest BCUT2D eigenvalue weighted by Gasteiger charge is -2.10. The first-order valence-electron chi connectivity index (χ1n) is 6.72. The summed E-state index contributed by atoms with van der Waals surface area (Å²) in [5, 5.41) is 3.32. The zero-order chi connectivity index (χ0) is 15.2. The van der Waals surface area contributed by atoms with Crippen molar-refractivity contribution in [2.45, 2.75) is 13.3 Å². The highest BCUT2D eigenvalue weighted by Crippen LogP contribution is 2.27. The molecular formula is C16H19BrN2O2. The quantitative estimate of drug-likeness (QED) is 0.859. The fourth-order valence-corrected chi connectivity index (χ4v) is 2.23. The number of anilines is 1. The van der Waals surface area contributed by atoms with Gasteiger partial charge in [-0.15, -0.1) is 0 Å². The smallest absolute Gasteiger partial charge is 0.160 e. The highest BCUT2D eigenvalue weighted by Gasteiger charge is 2.04. The largest absolute Gasteiger partial charge is 0.493 e. The normalized spacial score (nSPS) is 10.3. The number of pyridine rings is 1. The second kappa shape index (κ2) is 7.31. The maximum absolute atomic E-state index is 5.31. The second-order valence-corrected chi connectivity index (χ2v) is 5.48. The van der Waals surface area contributed by atoms with Gasteiger partial charge in [0.25, 0.3) is 0 Å². The number of rotatable bonds is 6. The molecule has 4 nitrogen and oxygen atoms in total. The summed E-state index contributed by atoms with van der Waals surface area (Å²) in [5.41, 5.74) is 2.17. The Morgan fingerprint density at radius 3 is 2.52 bits per heavy atom. The van der Waals surface area contributed by atoms with Crippen LogP contribution >= 0.6 is 15.9 Å². The number of hydrogen-bond donors (Lipinski definition) is 1. The van der Waals surface area contributed by atoms with E-state index in [1.165, 1.54) is 5.56 Å². The van der Waals surface area contributed by atoms with Crippen molar-refractivity contribution in [2.24, 2.45) is 0 Å². The fourth-order valence-electron chi connectivity index (χ4n) is 2.01. The van der Waals surface area contributed by atoms with E-state index in [4.69, 9.17) is 9.47 Å². The number of benzene rings is 1. The molecule has 1 aromatic heterocycles. The van der Waals surface area contributed by atoms with Crippen molar-refractivity contribution in [2.75, 3.05) is 26.1 Å². The van der Waals surface area contributed by atoms with E-state index < -0.39 is 0 Å². The number of nitrogens with zero attached hydrogens (tertiary/aromatic N) is 1. The van der Waals surface area contributed by atoms with Crippen molar-refractivity contribution >= 4 is 21.7 Å². The van der Waals surface area contributed by atoms with E-state index in [9.17, 15) is 0 Å². The molecular weight excluding hydrogens is 332 g/mol. The molecule has 0 saturated carbocycles. The SMILES string of the molecule is COc1ccc(CCNc2ccc(Br)c(C)n2)cc1OC. The number of halogens is 1.